The molecule has 0 saturated carbocycles. The van der Waals surface area contributed by atoms with Crippen LogP contribution in [-0.2, 0) is 4.79 Å². The van der Waals surface area contributed by atoms with E-state index >= 15 is 0 Å². The van der Waals surface area contributed by atoms with Crippen LogP contribution in [-0.4, -0.2) is 32.9 Å². The van der Waals surface area contributed by atoms with E-state index < -0.39 is 5.91 Å². The molecule has 2 aliphatic heterocycles. The van der Waals surface area contributed by atoms with Gasteiger partial charge in [-0.1, -0.05) is 0 Å². The van der Waals surface area contributed by atoms with Gasteiger partial charge in [0, 0.05) is 47.2 Å². The van der Waals surface area contributed by atoms with Crippen molar-refractivity contribution in [2.75, 3.05) is 0 Å². The normalized spacial score (nSPS) is 12.1. The van der Waals surface area contributed by atoms with Crippen LogP contribution in [0.1, 0.15) is 22.3 Å². The van der Waals surface area contributed by atoms with Gasteiger partial charge in [0.15, 0.2) is 5.78 Å². The van der Waals surface area contributed by atoms with Crippen molar-refractivity contribution < 1.29 is 27.3 Å². The van der Waals surface area contributed by atoms with Crippen molar-refractivity contribution in [2.45, 2.75) is 6.42 Å². The van der Waals surface area contributed by atoms with Gasteiger partial charge in [-0.05, 0) is 24.3 Å². The maximum atomic E-state index is 12.7. The molecule has 37 heavy (non-hydrogen) atoms. The highest BCUT2D eigenvalue weighted by molar-refractivity contribution is 6.09. The maximum absolute atomic E-state index is 12.7. The number of hydrogen-bond donors (Lipinski definition) is 2. The van der Waals surface area contributed by atoms with E-state index in [1.54, 1.807) is 36.9 Å². The van der Waals surface area contributed by atoms with Gasteiger partial charge in [0.1, 0.15) is 61.2 Å². The van der Waals surface area contributed by atoms with E-state index in [0.717, 1.165) is 10.9 Å². The zero-order valence-electron chi connectivity index (χ0n) is 19.3. The van der Waals surface area contributed by atoms with Gasteiger partial charge in [0.25, 0.3) is 5.91 Å². The predicted molar refractivity (Wildman–Crippen MR) is 132 cm³/mol. The zero-order valence-corrected chi connectivity index (χ0v) is 19.3. The molecule has 186 valence electrons. The summed E-state index contributed by atoms with van der Waals surface area (Å²) in [6.45, 7) is 0. The Hall–Kier alpha value is -5.45. The fourth-order valence-electron chi connectivity index (χ4n) is 3.09. The van der Waals surface area contributed by atoms with E-state index in [1.165, 1.54) is 56.3 Å². The Balaban J connectivity index is 1.99. The van der Waals surface area contributed by atoms with Crippen molar-refractivity contribution in [2.24, 2.45) is 9.98 Å². The molecule has 2 aromatic rings. The Morgan fingerprint density at radius 1 is 0.811 bits per heavy atom. The summed E-state index contributed by atoms with van der Waals surface area (Å²) in [6, 6.07) is 7.18. The number of aromatic nitrogens is 3. The van der Waals surface area contributed by atoms with Crippen LogP contribution >= 0.6 is 0 Å². The zero-order chi connectivity index (χ0) is 25.7. The first-order valence-corrected chi connectivity index (χ1v) is 10.9. The average Bonchev–Trinajstić information content (AvgIpc) is 3.32. The number of fused-ring (bicyclic) bond motifs is 3. The summed E-state index contributed by atoms with van der Waals surface area (Å²) in [5.74, 6) is -0.907. The van der Waals surface area contributed by atoms with Crippen molar-refractivity contribution in [1.82, 2.24) is 15.0 Å². The van der Waals surface area contributed by atoms with Gasteiger partial charge in [-0.15, -0.1) is 0 Å². The number of rotatable bonds is 0. The molecule has 0 bridgehead atoms. The second-order valence-corrected chi connectivity index (χ2v) is 7.17. The summed E-state index contributed by atoms with van der Waals surface area (Å²) >= 11 is 0. The monoisotopic (exact) mass is 499 g/mol. The van der Waals surface area contributed by atoms with Crippen molar-refractivity contribution >= 4 is 35.1 Å². The first kappa shape index (κ1) is 24.7. The Kier molecular flexibility index (Phi) is 8.57. The number of Topliss-reactive ketones (excluding diaryl/α,β-unsaturated/α-hetero) is 1. The van der Waals surface area contributed by atoms with Crippen LogP contribution in [0.15, 0.2) is 121 Å². The molecule has 2 N–H and O–H groups in total. The van der Waals surface area contributed by atoms with E-state index in [0.29, 0.717) is 10.9 Å². The Bertz CT molecular complexity index is 1680. The number of aromatic amines is 2. The molecule has 2 aromatic heterocycles. The third kappa shape index (κ3) is 7.26. The van der Waals surface area contributed by atoms with Crippen molar-refractivity contribution in [3.8, 4) is 0 Å². The van der Waals surface area contributed by atoms with Crippen LogP contribution in [0, 0.1) is 0 Å². The number of amides is 1. The number of nitrogens with zero attached hydrogens (tertiary/aromatic N) is 3. The van der Waals surface area contributed by atoms with Crippen molar-refractivity contribution in [3.63, 3.8) is 0 Å². The first-order chi connectivity index (χ1) is 18.2. The number of pyridine rings is 1. The third-order valence-electron chi connectivity index (χ3n) is 4.69. The molecule has 0 fully saturated rings. The molecule has 4 heterocycles. The number of ketones is 1. The molecule has 0 aliphatic carbocycles. The second kappa shape index (κ2) is 12.9. The van der Waals surface area contributed by atoms with Crippen molar-refractivity contribution in [1.29, 1.82) is 0 Å². The molecule has 4 rings (SSSR count). The van der Waals surface area contributed by atoms with Crippen LogP contribution in [0.2, 0.25) is 0 Å². The highest BCUT2D eigenvalue weighted by Crippen LogP contribution is 2.06. The van der Waals surface area contributed by atoms with E-state index in [2.05, 4.69) is 24.9 Å². The molecule has 0 atom stereocenters. The summed E-state index contributed by atoms with van der Waals surface area (Å²) in [5.41, 5.74) is 1.64. The SMILES string of the molecule is O=C1CC(=O)c2cc3c(cc4cccnc4[nH]ccoccoccoccocc[nH]c2=N1)C=NC=3. The van der Waals surface area contributed by atoms with E-state index in [9.17, 15) is 9.59 Å². The second-order valence-electron chi connectivity index (χ2n) is 7.17. The lowest BCUT2D eigenvalue weighted by atomic mass is 10.1. The number of aliphatic imine (C=N–C) groups is 1. The van der Waals surface area contributed by atoms with Gasteiger partial charge in [0.2, 0.25) is 0 Å². The number of carbonyl (C=O) groups excluding carboxylic acids is 2. The third-order valence-corrected chi connectivity index (χ3v) is 4.69. The molecule has 0 spiro atoms. The number of carbonyl (C=O) groups is 2. The summed E-state index contributed by atoms with van der Waals surface area (Å²) in [5, 5.41) is 1.43. The van der Waals surface area contributed by atoms with Gasteiger partial charge >= 0.3 is 0 Å². The summed E-state index contributed by atoms with van der Waals surface area (Å²) in [6.07, 6.45) is 18.0. The number of H-pyrrole nitrogens is 2. The molecule has 0 radical (unpaired) electrons. The van der Waals surface area contributed by atoms with Gasteiger partial charge in [-0.3, -0.25) is 14.6 Å². The molecule has 0 unspecified atom stereocenters. The molecule has 0 aromatic carbocycles. The summed E-state index contributed by atoms with van der Waals surface area (Å²) in [4.78, 5) is 43.0. The van der Waals surface area contributed by atoms with Crippen LogP contribution in [0.4, 0.5) is 0 Å². The molecule has 11 heteroatoms. The fourth-order valence-corrected chi connectivity index (χ4v) is 3.09. The minimum absolute atomic E-state index is 0.102. The van der Waals surface area contributed by atoms with Gasteiger partial charge < -0.3 is 27.6 Å². The standard InChI is InChI=1S/C26H21N5O6/c32-23-16-24(33)31-26-22(23)15-21-18-27-17-20(21)14-19-2-1-3-28-25(19)29-4-6-34-8-10-36-12-13-37-11-9-35-7-5-30-26/h1-15,17-18H,16H2,(H,28,29)(H,30,31,33). The van der Waals surface area contributed by atoms with Gasteiger partial charge in [0.05, 0.1) is 12.0 Å². The molecular weight excluding hydrogens is 478 g/mol. The van der Waals surface area contributed by atoms with Gasteiger partial charge in [-0.2, -0.15) is 4.99 Å². The lowest BCUT2D eigenvalue weighted by Gasteiger charge is -2.02. The van der Waals surface area contributed by atoms with E-state index in [4.69, 9.17) is 17.7 Å². The van der Waals surface area contributed by atoms with Crippen LogP contribution in [0.25, 0.3) is 17.2 Å². The van der Waals surface area contributed by atoms with E-state index in [1.807, 2.05) is 12.1 Å². The Labute approximate surface area is 208 Å². The Morgan fingerprint density at radius 3 is 2.22 bits per heavy atom. The lowest BCUT2D eigenvalue weighted by Crippen LogP contribution is -2.27. The minimum atomic E-state index is -0.542. The highest BCUT2D eigenvalue weighted by atomic mass is 16.4. The number of hydrogen-bond acceptors (Lipinski definition) is 8. The first-order valence-electron chi connectivity index (χ1n) is 10.9. The van der Waals surface area contributed by atoms with Crippen LogP contribution < -0.4 is 10.7 Å². The molecule has 0 saturated heterocycles. The summed E-state index contributed by atoms with van der Waals surface area (Å²) < 4.78 is 20.5. The minimum Gasteiger partial charge on any atom is -0.468 e. The number of nitrogens with one attached hydrogen (secondary N) is 2. The van der Waals surface area contributed by atoms with Gasteiger partial charge in [-0.25, -0.2) is 4.98 Å². The predicted octanol–water partition coefficient (Wildman–Crippen LogP) is 3.91. The molecule has 1 amide bonds. The molecule has 11 nitrogen and oxygen atoms in total. The average molecular weight is 499 g/mol. The molecule has 2 aliphatic rings. The van der Waals surface area contributed by atoms with Crippen LogP contribution in [0.5, 0.6) is 0 Å². The van der Waals surface area contributed by atoms with Crippen molar-refractivity contribution in [3.05, 3.63) is 115 Å². The maximum Gasteiger partial charge on any atom is 0.255 e. The fraction of sp³-hybridized carbons (Fsp3) is 0.0385. The highest BCUT2D eigenvalue weighted by Gasteiger charge is 2.18. The quantitative estimate of drug-likeness (QED) is 0.520. The largest absolute Gasteiger partial charge is 0.468 e. The topological polar surface area (TPSA) is 156 Å². The Morgan fingerprint density at radius 2 is 1.49 bits per heavy atom. The molecular formula is C26H21N5O6. The lowest BCUT2D eigenvalue weighted by molar-refractivity contribution is -0.117. The van der Waals surface area contributed by atoms with Crippen LogP contribution in [0.3, 0.4) is 0 Å². The smallest absolute Gasteiger partial charge is 0.255 e. The summed E-state index contributed by atoms with van der Waals surface area (Å²) in [7, 11) is 0. The van der Waals surface area contributed by atoms with E-state index in [-0.39, 0.29) is 23.3 Å².